The molecule has 0 saturated carbocycles. The fraction of sp³-hybridized carbons (Fsp3) is 0.353. The van der Waals surface area contributed by atoms with Crippen LogP contribution in [0.4, 0.5) is 0 Å². The van der Waals surface area contributed by atoms with Crippen LogP contribution in [-0.2, 0) is 4.74 Å². The number of hydrogen-bond donors (Lipinski definition) is 2. The van der Waals surface area contributed by atoms with Crippen molar-refractivity contribution in [2.75, 3.05) is 6.61 Å². The van der Waals surface area contributed by atoms with Crippen molar-refractivity contribution in [3.8, 4) is 0 Å². The lowest BCUT2D eigenvalue weighted by molar-refractivity contribution is -0.00697. The fourth-order valence-electron chi connectivity index (χ4n) is 3.05. The van der Waals surface area contributed by atoms with Crippen LogP contribution in [0.5, 0.6) is 0 Å². The van der Waals surface area contributed by atoms with E-state index >= 15 is 0 Å². The second kappa shape index (κ2) is 5.59. The molecule has 116 valence electrons. The number of nitrogens with two attached hydrogens (primary N) is 1. The lowest BCUT2D eigenvalue weighted by Crippen LogP contribution is -2.21. The summed E-state index contributed by atoms with van der Waals surface area (Å²) in [4.78, 5) is 4.24. The first-order chi connectivity index (χ1) is 10.5. The van der Waals surface area contributed by atoms with Gasteiger partial charge in [-0.3, -0.25) is 0 Å². The highest BCUT2D eigenvalue weighted by molar-refractivity contribution is 5.99. The van der Waals surface area contributed by atoms with Crippen LogP contribution in [-0.4, -0.2) is 28.2 Å². The van der Waals surface area contributed by atoms with Gasteiger partial charge in [0.05, 0.1) is 6.61 Å². The molecule has 5 heteroatoms. The van der Waals surface area contributed by atoms with Crippen LogP contribution in [0.1, 0.15) is 36.7 Å². The number of rotatable bonds is 2. The third kappa shape index (κ3) is 2.23. The average Bonchev–Trinajstić information content (AvgIpc) is 3.05. The zero-order valence-electron chi connectivity index (χ0n) is 12.7. The summed E-state index contributed by atoms with van der Waals surface area (Å²) in [6.45, 7) is 10.1. The summed E-state index contributed by atoms with van der Waals surface area (Å²) >= 11 is 0. The minimum Gasteiger partial charge on any atom is -0.393 e. The zero-order valence-corrected chi connectivity index (χ0v) is 12.7. The number of nitrogens with zero attached hydrogens (tertiary/aromatic N) is 2. The van der Waals surface area contributed by atoms with Crippen LogP contribution in [0.2, 0.25) is 0 Å². The molecule has 1 aromatic heterocycles. The Hall–Kier alpha value is -2.11. The van der Waals surface area contributed by atoms with Gasteiger partial charge in [-0.15, -0.1) is 0 Å². The van der Waals surface area contributed by atoms with Crippen molar-refractivity contribution in [2.24, 2.45) is 10.7 Å². The number of aromatic nitrogens is 1. The number of fused-ring (bicyclic) bond motifs is 1. The van der Waals surface area contributed by atoms with E-state index in [-0.39, 0.29) is 18.8 Å². The first-order valence-electron chi connectivity index (χ1n) is 7.38. The molecular weight excluding hydrogens is 278 g/mol. The van der Waals surface area contributed by atoms with Gasteiger partial charge in [0.15, 0.2) is 6.23 Å². The Bertz CT molecular complexity index is 684. The molecule has 0 radical (unpaired) electrons. The van der Waals surface area contributed by atoms with Gasteiger partial charge in [-0.2, -0.15) is 0 Å². The molecule has 0 amide bonds. The van der Waals surface area contributed by atoms with E-state index in [0.717, 1.165) is 28.8 Å². The number of aliphatic imine (C=N–C) groups is 1. The third-order valence-corrected chi connectivity index (χ3v) is 4.32. The molecular formula is C17H21N3O2. The van der Waals surface area contributed by atoms with Crippen molar-refractivity contribution in [3.05, 3.63) is 60.1 Å². The average molecular weight is 299 g/mol. The lowest BCUT2D eigenvalue weighted by atomic mass is 9.98. The van der Waals surface area contributed by atoms with Gasteiger partial charge in [0.2, 0.25) is 0 Å². The first-order valence-corrected chi connectivity index (χ1v) is 7.38. The van der Waals surface area contributed by atoms with E-state index < -0.39 is 6.10 Å². The minimum atomic E-state index is -0.398. The van der Waals surface area contributed by atoms with Gasteiger partial charge in [-0.25, -0.2) is 4.99 Å². The molecule has 0 aliphatic carbocycles. The Morgan fingerprint density at radius 1 is 1.45 bits per heavy atom. The number of amidine groups is 1. The van der Waals surface area contributed by atoms with Crippen molar-refractivity contribution in [1.82, 2.24) is 4.57 Å². The first kappa shape index (κ1) is 14.8. The number of hydrogen-bond acceptors (Lipinski definition) is 4. The Morgan fingerprint density at radius 3 is 2.91 bits per heavy atom. The maximum absolute atomic E-state index is 9.40. The molecule has 0 bridgehead atoms. The van der Waals surface area contributed by atoms with E-state index in [0.29, 0.717) is 5.84 Å². The summed E-state index contributed by atoms with van der Waals surface area (Å²) < 4.78 is 7.95. The van der Waals surface area contributed by atoms with Gasteiger partial charge in [-0.1, -0.05) is 26.2 Å². The molecule has 2 aliphatic rings. The second-order valence-electron chi connectivity index (χ2n) is 5.77. The van der Waals surface area contributed by atoms with Crippen molar-refractivity contribution in [1.29, 1.82) is 0 Å². The maximum atomic E-state index is 9.40. The molecule has 1 aromatic rings. The molecule has 3 atom stereocenters. The molecule has 3 N–H and O–H groups in total. The Labute approximate surface area is 130 Å². The van der Waals surface area contributed by atoms with Gasteiger partial charge in [-0.05, 0) is 23.6 Å². The highest BCUT2D eigenvalue weighted by Crippen LogP contribution is 2.39. The van der Waals surface area contributed by atoms with E-state index in [2.05, 4.69) is 25.1 Å². The SMILES string of the molecule is C=C1C(=C)C(n2ccc3c2C(C)CC=CN=C3N)OC1CO. The van der Waals surface area contributed by atoms with Crippen LogP contribution in [0.15, 0.2) is 53.8 Å². The summed E-state index contributed by atoms with van der Waals surface area (Å²) in [6, 6.07) is 1.95. The van der Waals surface area contributed by atoms with E-state index in [9.17, 15) is 5.11 Å². The van der Waals surface area contributed by atoms with Crippen molar-refractivity contribution in [3.63, 3.8) is 0 Å². The second-order valence-corrected chi connectivity index (χ2v) is 5.77. The standard InChI is InChI=1S/C17H21N3O2/c1-10-5-4-7-19-16(18)13-6-8-20(15(10)13)17-12(3)11(2)14(9-21)22-17/h4,6-8,10,14,17,21H,2-3,5,9H2,1H3,(H2,18,19). The number of aliphatic hydroxyl groups excluding tert-OH is 1. The monoisotopic (exact) mass is 299 g/mol. The van der Waals surface area contributed by atoms with Gasteiger partial charge < -0.3 is 20.1 Å². The number of ether oxygens (including phenoxy) is 1. The predicted molar refractivity (Wildman–Crippen MR) is 86.6 cm³/mol. The van der Waals surface area contributed by atoms with Crippen LogP contribution in [0, 0.1) is 0 Å². The van der Waals surface area contributed by atoms with Gasteiger partial charge in [0.25, 0.3) is 0 Å². The molecule has 22 heavy (non-hydrogen) atoms. The summed E-state index contributed by atoms with van der Waals surface area (Å²) in [5.41, 5.74) is 9.60. The molecule has 0 aromatic carbocycles. The van der Waals surface area contributed by atoms with E-state index in [1.54, 1.807) is 6.20 Å². The van der Waals surface area contributed by atoms with E-state index in [1.165, 1.54) is 0 Å². The predicted octanol–water partition coefficient (Wildman–Crippen LogP) is 2.22. The maximum Gasteiger partial charge on any atom is 0.160 e. The van der Waals surface area contributed by atoms with E-state index in [1.807, 2.05) is 22.9 Å². The molecule has 1 fully saturated rings. The molecule has 2 aliphatic heterocycles. The zero-order chi connectivity index (χ0) is 15.9. The van der Waals surface area contributed by atoms with Gasteiger partial charge in [0.1, 0.15) is 11.9 Å². The van der Waals surface area contributed by atoms with Gasteiger partial charge >= 0.3 is 0 Å². The normalized spacial score (nSPS) is 28.3. The molecule has 3 rings (SSSR count). The molecule has 1 saturated heterocycles. The molecule has 3 unspecified atom stereocenters. The number of allylic oxidation sites excluding steroid dienone is 1. The van der Waals surface area contributed by atoms with Crippen molar-refractivity contribution >= 4 is 5.84 Å². The minimum absolute atomic E-state index is 0.0975. The lowest BCUT2D eigenvalue weighted by Gasteiger charge is -2.22. The number of aliphatic hydroxyl groups is 1. The summed E-state index contributed by atoms with van der Waals surface area (Å²) in [7, 11) is 0. The van der Waals surface area contributed by atoms with Crippen LogP contribution < -0.4 is 5.73 Å². The third-order valence-electron chi connectivity index (χ3n) is 4.32. The summed E-state index contributed by atoms with van der Waals surface area (Å²) in [6.07, 6.45) is 5.82. The van der Waals surface area contributed by atoms with Crippen molar-refractivity contribution < 1.29 is 9.84 Å². The quantitative estimate of drug-likeness (QED) is 0.879. The molecule has 5 nitrogen and oxygen atoms in total. The van der Waals surface area contributed by atoms with Gasteiger partial charge in [0, 0.05) is 29.6 Å². The topological polar surface area (TPSA) is 72.8 Å². The molecule has 3 heterocycles. The Balaban J connectivity index is 2.06. The van der Waals surface area contributed by atoms with Crippen molar-refractivity contribution in [2.45, 2.75) is 31.6 Å². The summed E-state index contributed by atoms with van der Waals surface area (Å²) in [5.74, 6) is 0.769. The highest BCUT2D eigenvalue weighted by atomic mass is 16.5. The van der Waals surface area contributed by atoms with Crippen LogP contribution in [0.3, 0.4) is 0 Å². The Kier molecular flexibility index (Phi) is 3.76. The van der Waals surface area contributed by atoms with Crippen LogP contribution >= 0.6 is 0 Å². The van der Waals surface area contributed by atoms with E-state index in [4.69, 9.17) is 10.5 Å². The van der Waals surface area contributed by atoms with Crippen LogP contribution in [0.25, 0.3) is 0 Å². The summed E-state index contributed by atoms with van der Waals surface area (Å²) in [5, 5.41) is 9.40. The largest absolute Gasteiger partial charge is 0.393 e. The Morgan fingerprint density at radius 2 is 2.23 bits per heavy atom. The highest BCUT2D eigenvalue weighted by Gasteiger charge is 2.35. The molecule has 0 spiro atoms. The fourth-order valence-corrected chi connectivity index (χ4v) is 3.05. The smallest absolute Gasteiger partial charge is 0.160 e.